The standard InChI is InChI=1S/C14H8Cl2N4O2/c15-10-5-3-7-12(13(10)16)22-14(21)9-4-1-2-6-11(9)20-8-17-18-19-20/h1-8H. The van der Waals surface area contributed by atoms with E-state index in [9.17, 15) is 4.79 Å². The van der Waals surface area contributed by atoms with Crippen molar-refractivity contribution >= 4 is 29.2 Å². The van der Waals surface area contributed by atoms with E-state index in [4.69, 9.17) is 27.9 Å². The smallest absolute Gasteiger partial charge is 0.345 e. The highest BCUT2D eigenvalue weighted by Crippen LogP contribution is 2.32. The number of ether oxygens (including phenoxy) is 1. The van der Waals surface area contributed by atoms with E-state index in [0.29, 0.717) is 16.3 Å². The van der Waals surface area contributed by atoms with Crippen molar-refractivity contribution in [3.05, 3.63) is 64.4 Å². The molecule has 0 aliphatic rings. The summed E-state index contributed by atoms with van der Waals surface area (Å²) in [5.74, 6) is -0.402. The summed E-state index contributed by atoms with van der Waals surface area (Å²) < 4.78 is 6.68. The maximum atomic E-state index is 12.4. The number of halogens is 2. The lowest BCUT2D eigenvalue weighted by Crippen LogP contribution is -2.13. The van der Waals surface area contributed by atoms with E-state index in [2.05, 4.69) is 15.5 Å². The molecular weight excluding hydrogens is 327 g/mol. The molecule has 22 heavy (non-hydrogen) atoms. The van der Waals surface area contributed by atoms with E-state index in [1.54, 1.807) is 42.5 Å². The molecule has 3 rings (SSSR count). The van der Waals surface area contributed by atoms with Crippen LogP contribution in [0.1, 0.15) is 10.4 Å². The number of rotatable bonds is 3. The molecule has 6 nitrogen and oxygen atoms in total. The minimum absolute atomic E-state index is 0.178. The van der Waals surface area contributed by atoms with Crippen LogP contribution in [0.3, 0.4) is 0 Å². The number of benzene rings is 2. The van der Waals surface area contributed by atoms with Crippen LogP contribution in [0.2, 0.25) is 10.0 Å². The van der Waals surface area contributed by atoms with Crippen LogP contribution in [0.4, 0.5) is 0 Å². The molecule has 0 spiro atoms. The largest absolute Gasteiger partial charge is 0.421 e. The third kappa shape index (κ3) is 2.79. The SMILES string of the molecule is O=C(Oc1cccc(Cl)c1Cl)c1ccccc1-n1cnnn1. The molecule has 0 saturated carbocycles. The van der Waals surface area contributed by atoms with Crippen LogP contribution in [-0.2, 0) is 0 Å². The van der Waals surface area contributed by atoms with Crippen LogP contribution in [0.5, 0.6) is 5.75 Å². The predicted octanol–water partition coefficient (Wildman–Crippen LogP) is 3.19. The number of carbonyl (C=O) groups excluding carboxylic acids is 1. The monoisotopic (exact) mass is 334 g/mol. The van der Waals surface area contributed by atoms with Gasteiger partial charge in [0.25, 0.3) is 0 Å². The van der Waals surface area contributed by atoms with Gasteiger partial charge in [0.15, 0.2) is 5.75 Å². The predicted molar refractivity (Wildman–Crippen MR) is 80.6 cm³/mol. The molecule has 0 fully saturated rings. The van der Waals surface area contributed by atoms with Crippen molar-refractivity contribution in [1.29, 1.82) is 0 Å². The van der Waals surface area contributed by atoms with E-state index >= 15 is 0 Å². The average Bonchev–Trinajstić information content (AvgIpc) is 3.06. The van der Waals surface area contributed by atoms with Gasteiger partial charge in [0.2, 0.25) is 0 Å². The number of nitrogens with zero attached hydrogens (tertiary/aromatic N) is 4. The summed E-state index contributed by atoms with van der Waals surface area (Å²) in [6, 6.07) is 11.6. The second kappa shape index (κ2) is 6.13. The second-order valence-corrected chi connectivity index (χ2v) is 5.00. The highest BCUT2D eigenvalue weighted by atomic mass is 35.5. The van der Waals surface area contributed by atoms with Gasteiger partial charge in [-0.3, -0.25) is 0 Å². The molecule has 0 amide bonds. The molecule has 110 valence electrons. The number of aromatic nitrogens is 4. The number of para-hydroxylation sites is 1. The Kier molecular flexibility index (Phi) is 4.04. The molecule has 1 aromatic heterocycles. The van der Waals surface area contributed by atoms with E-state index < -0.39 is 5.97 Å². The maximum absolute atomic E-state index is 12.4. The molecule has 0 bridgehead atoms. The van der Waals surface area contributed by atoms with Crippen LogP contribution >= 0.6 is 23.2 Å². The van der Waals surface area contributed by atoms with Crippen molar-refractivity contribution in [2.24, 2.45) is 0 Å². The van der Waals surface area contributed by atoms with Crippen LogP contribution in [0, 0.1) is 0 Å². The van der Waals surface area contributed by atoms with Crippen LogP contribution in [0.15, 0.2) is 48.8 Å². The molecule has 3 aromatic rings. The Morgan fingerprint density at radius 3 is 2.68 bits per heavy atom. The second-order valence-electron chi connectivity index (χ2n) is 4.21. The first-order chi connectivity index (χ1) is 10.7. The lowest BCUT2D eigenvalue weighted by Gasteiger charge is -2.10. The summed E-state index contributed by atoms with van der Waals surface area (Å²) in [6.07, 6.45) is 1.39. The fraction of sp³-hybridized carbons (Fsp3) is 0. The van der Waals surface area contributed by atoms with Crippen molar-refractivity contribution in [1.82, 2.24) is 20.2 Å². The number of hydrogen-bond donors (Lipinski definition) is 0. The van der Waals surface area contributed by atoms with Crippen LogP contribution in [-0.4, -0.2) is 26.2 Å². The van der Waals surface area contributed by atoms with Gasteiger partial charge in [0, 0.05) is 0 Å². The molecular formula is C14H8Cl2N4O2. The highest BCUT2D eigenvalue weighted by molar-refractivity contribution is 6.43. The zero-order valence-electron chi connectivity index (χ0n) is 11.0. The molecule has 1 heterocycles. The summed E-state index contributed by atoms with van der Waals surface area (Å²) in [7, 11) is 0. The van der Waals surface area contributed by atoms with Crippen molar-refractivity contribution in [3.8, 4) is 11.4 Å². The molecule has 2 aromatic carbocycles. The summed E-state index contributed by atoms with van der Waals surface area (Å²) >= 11 is 11.9. The van der Waals surface area contributed by atoms with Gasteiger partial charge in [0.1, 0.15) is 11.3 Å². The number of carbonyl (C=O) groups is 1. The van der Waals surface area contributed by atoms with Crippen molar-refractivity contribution < 1.29 is 9.53 Å². The minimum atomic E-state index is -0.588. The molecule has 0 unspecified atom stereocenters. The first-order valence-electron chi connectivity index (χ1n) is 6.15. The Morgan fingerprint density at radius 1 is 1.09 bits per heavy atom. The molecule has 0 aliphatic heterocycles. The molecule has 0 N–H and O–H groups in total. The van der Waals surface area contributed by atoms with Crippen molar-refractivity contribution in [3.63, 3.8) is 0 Å². The molecule has 0 atom stereocenters. The van der Waals surface area contributed by atoms with Gasteiger partial charge in [-0.1, -0.05) is 41.4 Å². The lowest BCUT2D eigenvalue weighted by atomic mass is 10.2. The Balaban J connectivity index is 1.95. The zero-order chi connectivity index (χ0) is 15.5. The van der Waals surface area contributed by atoms with Gasteiger partial charge in [-0.05, 0) is 34.7 Å². The normalized spacial score (nSPS) is 10.5. The third-order valence-corrected chi connectivity index (χ3v) is 3.64. The fourth-order valence-electron chi connectivity index (χ4n) is 1.84. The summed E-state index contributed by atoms with van der Waals surface area (Å²) in [5.41, 5.74) is 0.793. The quantitative estimate of drug-likeness (QED) is 0.543. The molecule has 0 radical (unpaired) electrons. The number of hydrogen-bond acceptors (Lipinski definition) is 5. The summed E-state index contributed by atoms with van der Waals surface area (Å²) in [4.78, 5) is 12.4. The van der Waals surface area contributed by atoms with Crippen molar-refractivity contribution in [2.75, 3.05) is 0 Å². The number of esters is 1. The van der Waals surface area contributed by atoms with Gasteiger partial charge in [-0.2, -0.15) is 4.68 Å². The van der Waals surface area contributed by atoms with E-state index in [-0.39, 0.29) is 10.8 Å². The Morgan fingerprint density at radius 2 is 1.91 bits per heavy atom. The maximum Gasteiger partial charge on any atom is 0.345 e. The molecule has 0 saturated heterocycles. The summed E-state index contributed by atoms with van der Waals surface area (Å²) in [6.45, 7) is 0. The van der Waals surface area contributed by atoms with Gasteiger partial charge in [0.05, 0.1) is 16.3 Å². The van der Waals surface area contributed by atoms with E-state index in [1.807, 2.05) is 0 Å². The van der Waals surface area contributed by atoms with Gasteiger partial charge in [-0.15, -0.1) is 5.10 Å². The fourth-order valence-corrected chi connectivity index (χ4v) is 2.17. The topological polar surface area (TPSA) is 69.9 Å². The molecule has 8 heteroatoms. The van der Waals surface area contributed by atoms with Gasteiger partial charge >= 0.3 is 5.97 Å². The zero-order valence-corrected chi connectivity index (χ0v) is 12.5. The Hall–Kier alpha value is -2.44. The third-order valence-electron chi connectivity index (χ3n) is 2.84. The summed E-state index contributed by atoms with van der Waals surface area (Å²) in [5, 5.41) is 11.4. The first kappa shape index (κ1) is 14.5. The van der Waals surface area contributed by atoms with Crippen LogP contribution in [0.25, 0.3) is 5.69 Å². The van der Waals surface area contributed by atoms with Crippen LogP contribution < -0.4 is 4.74 Å². The minimum Gasteiger partial charge on any atom is -0.421 e. The van der Waals surface area contributed by atoms with E-state index in [1.165, 1.54) is 11.0 Å². The number of tetrazole rings is 1. The van der Waals surface area contributed by atoms with E-state index in [0.717, 1.165) is 0 Å². The van der Waals surface area contributed by atoms with Crippen molar-refractivity contribution in [2.45, 2.75) is 0 Å². The average molecular weight is 335 g/mol. The Labute approximate surface area is 135 Å². The first-order valence-corrected chi connectivity index (χ1v) is 6.91. The van der Waals surface area contributed by atoms with Gasteiger partial charge in [-0.25, -0.2) is 4.79 Å². The van der Waals surface area contributed by atoms with Gasteiger partial charge < -0.3 is 4.74 Å². The highest BCUT2D eigenvalue weighted by Gasteiger charge is 2.17. The molecule has 0 aliphatic carbocycles. The lowest BCUT2D eigenvalue weighted by molar-refractivity contribution is 0.0734. The Bertz CT molecular complexity index is 821.